The lowest BCUT2D eigenvalue weighted by Crippen LogP contribution is -2.44. The normalized spacial score (nSPS) is 20.9. The number of aryl methyl sites for hydroxylation is 1. The van der Waals surface area contributed by atoms with Crippen LogP contribution in [0.2, 0.25) is 0 Å². The Labute approximate surface area is 202 Å². The van der Waals surface area contributed by atoms with Gasteiger partial charge in [-0.15, -0.1) is 0 Å². The van der Waals surface area contributed by atoms with Crippen LogP contribution in [-0.2, 0) is 12.8 Å². The molecule has 3 aromatic heterocycles. The van der Waals surface area contributed by atoms with Gasteiger partial charge in [0.25, 0.3) is 0 Å². The van der Waals surface area contributed by atoms with Crippen LogP contribution in [-0.4, -0.2) is 44.8 Å². The number of fused-ring (bicyclic) bond motifs is 3. The molecule has 1 saturated heterocycles. The van der Waals surface area contributed by atoms with Crippen molar-refractivity contribution in [2.75, 3.05) is 29.4 Å². The van der Waals surface area contributed by atoms with Crippen LogP contribution in [0, 0.1) is 11.2 Å². The standard InChI is InChI=1S/C26H27FN8/c27-18-5-1-4-16-17(18)14-26(23(16)28)8-12-34(13-9-26)21-15-30-22-24(31-21)32-33-25(22)35-11-3-6-19-20(35)7-2-10-29-19/h1-2,4-5,7,10,15,23H,3,6,8-9,11-14,28H2,(H,31,32,33)/t23-/m0/s1. The number of aromatic amines is 1. The van der Waals surface area contributed by atoms with Crippen LogP contribution < -0.4 is 15.5 Å². The molecule has 8 nitrogen and oxygen atoms in total. The van der Waals surface area contributed by atoms with Crippen LogP contribution in [0.15, 0.2) is 42.7 Å². The highest BCUT2D eigenvalue weighted by molar-refractivity contribution is 5.87. The molecule has 1 fully saturated rings. The molecule has 0 bridgehead atoms. The van der Waals surface area contributed by atoms with Crippen molar-refractivity contribution in [2.45, 2.75) is 38.1 Å². The van der Waals surface area contributed by atoms with Gasteiger partial charge in [0, 0.05) is 31.9 Å². The fourth-order valence-electron chi connectivity index (χ4n) is 6.25. The number of benzene rings is 1. The number of nitrogens with two attached hydrogens (primary N) is 1. The van der Waals surface area contributed by atoms with Gasteiger partial charge in [0.2, 0.25) is 0 Å². The lowest BCUT2D eigenvalue weighted by atomic mass is 9.73. The summed E-state index contributed by atoms with van der Waals surface area (Å²) < 4.78 is 14.4. The van der Waals surface area contributed by atoms with E-state index in [1.807, 2.05) is 24.5 Å². The molecule has 7 rings (SSSR count). The second-order valence-electron chi connectivity index (χ2n) is 10.0. The third kappa shape index (κ3) is 3.14. The summed E-state index contributed by atoms with van der Waals surface area (Å²) in [5, 5.41) is 7.68. The van der Waals surface area contributed by atoms with Gasteiger partial charge in [0.05, 0.1) is 17.6 Å². The average Bonchev–Trinajstić information content (AvgIpc) is 3.44. The fraction of sp³-hybridized carbons (Fsp3) is 0.385. The summed E-state index contributed by atoms with van der Waals surface area (Å²) in [7, 11) is 0. The lowest BCUT2D eigenvalue weighted by molar-refractivity contribution is 0.186. The minimum Gasteiger partial charge on any atom is -0.355 e. The molecule has 0 unspecified atom stereocenters. The highest BCUT2D eigenvalue weighted by atomic mass is 19.1. The van der Waals surface area contributed by atoms with Gasteiger partial charge >= 0.3 is 0 Å². The van der Waals surface area contributed by atoms with Gasteiger partial charge in [-0.3, -0.25) is 10.1 Å². The number of hydrogen-bond acceptors (Lipinski definition) is 7. The van der Waals surface area contributed by atoms with E-state index in [0.717, 1.165) is 85.0 Å². The molecule has 1 aliphatic carbocycles. The number of halogens is 1. The average molecular weight is 471 g/mol. The molecule has 0 radical (unpaired) electrons. The predicted molar refractivity (Wildman–Crippen MR) is 132 cm³/mol. The van der Waals surface area contributed by atoms with Crippen molar-refractivity contribution in [2.24, 2.45) is 11.1 Å². The first-order valence-electron chi connectivity index (χ1n) is 12.3. The first-order valence-corrected chi connectivity index (χ1v) is 12.3. The molecule has 4 aromatic rings. The van der Waals surface area contributed by atoms with Gasteiger partial charge < -0.3 is 15.5 Å². The van der Waals surface area contributed by atoms with Crippen LogP contribution in [0.4, 0.5) is 21.7 Å². The highest BCUT2D eigenvalue weighted by Crippen LogP contribution is 2.51. The van der Waals surface area contributed by atoms with Crippen LogP contribution in [0.3, 0.4) is 0 Å². The number of nitrogens with one attached hydrogen (secondary N) is 1. The molecule has 1 spiro atoms. The van der Waals surface area contributed by atoms with Crippen molar-refractivity contribution in [1.29, 1.82) is 0 Å². The zero-order valence-electron chi connectivity index (χ0n) is 19.4. The van der Waals surface area contributed by atoms with E-state index in [2.05, 4.69) is 31.0 Å². The Morgan fingerprint density at radius 2 is 1.97 bits per heavy atom. The van der Waals surface area contributed by atoms with E-state index in [-0.39, 0.29) is 17.3 Å². The smallest absolute Gasteiger partial charge is 0.183 e. The van der Waals surface area contributed by atoms with Crippen LogP contribution in [0.5, 0.6) is 0 Å². The number of piperidine rings is 1. The van der Waals surface area contributed by atoms with E-state index in [4.69, 9.17) is 15.7 Å². The third-order valence-corrected chi connectivity index (χ3v) is 8.21. The number of hydrogen-bond donors (Lipinski definition) is 2. The number of H-pyrrole nitrogens is 1. The van der Waals surface area contributed by atoms with E-state index in [0.29, 0.717) is 12.1 Å². The zero-order chi connectivity index (χ0) is 23.6. The van der Waals surface area contributed by atoms with Gasteiger partial charge in [-0.1, -0.05) is 12.1 Å². The molecule has 0 amide bonds. The summed E-state index contributed by atoms with van der Waals surface area (Å²) in [5.74, 6) is 1.50. The molecular weight excluding hydrogens is 443 g/mol. The molecule has 9 heteroatoms. The Morgan fingerprint density at radius 1 is 1.09 bits per heavy atom. The summed E-state index contributed by atoms with van der Waals surface area (Å²) in [5.41, 5.74) is 12.0. The van der Waals surface area contributed by atoms with E-state index < -0.39 is 0 Å². The molecule has 3 aliphatic rings. The lowest BCUT2D eigenvalue weighted by Gasteiger charge is -2.42. The van der Waals surface area contributed by atoms with Crippen molar-refractivity contribution in [3.8, 4) is 0 Å². The molecule has 2 aliphatic heterocycles. The van der Waals surface area contributed by atoms with Crippen LogP contribution in [0.25, 0.3) is 11.2 Å². The van der Waals surface area contributed by atoms with Gasteiger partial charge in [-0.2, -0.15) is 5.10 Å². The monoisotopic (exact) mass is 470 g/mol. The zero-order valence-corrected chi connectivity index (χ0v) is 19.4. The fourth-order valence-corrected chi connectivity index (χ4v) is 6.25. The van der Waals surface area contributed by atoms with Crippen molar-refractivity contribution >= 4 is 28.5 Å². The first kappa shape index (κ1) is 20.8. The van der Waals surface area contributed by atoms with Crippen LogP contribution >= 0.6 is 0 Å². The topological polar surface area (TPSA) is 99.9 Å². The quantitative estimate of drug-likeness (QED) is 0.459. The summed E-state index contributed by atoms with van der Waals surface area (Å²) in [6.07, 6.45) is 8.19. The maximum atomic E-state index is 14.4. The number of anilines is 3. The van der Waals surface area contributed by atoms with Crippen molar-refractivity contribution in [1.82, 2.24) is 25.1 Å². The highest BCUT2D eigenvalue weighted by Gasteiger charge is 2.47. The van der Waals surface area contributed by atoms with Gasteiger partial charge in [0.1, 0.15) is 11.6 Å². The Balaban J connectivity index is 1.13. The van der Waals surface area contributed by atoms with E-state index in [1.165, 1.54) is 0 Å². The van der Waals surface area contributed by atoms with Crippen LogP contribution in [0.1, 0.15) is 42.1 Å². The SMILES string of the molecule is N[C@H]1c2cccc(F)c2CC12CCN(c1cnc3c(N4CCCc5ncccc54)n[nH]c3n1)CC2. The summed E-state index contributed by atoms with van der Waals surface area (Å²) in [6.45, 7) is 2.50. The number of aromatic nitrogens is 5. The first-order chi connectivity index (χ1) is 17.1. The molecule has 0 saturated carbocycles. The molecule has 1 atom stereocenters. The van der Waals surface area contributed by atoms with E-state index in [9.17, 15) is 4.39 Å². The van der Waals surface area contributed by atoms with Crippen molar-refractivity contribution in [3.05, 3.63) is 65.4 Å². The second-order valence-corrected chi connectivity index (χ2v) is 10.0. The molecule has 3 N–H and O–H groups in total. The Hall–Kier alpha value is -3.59. The maximum Gasteiger partial charge on any atom is 0.183 e. The number of rotatable bonds is 2. The predicted octanol–water partition coefficient (Wildman–Crippen LogP) is 3.81. The maximum absolute atomic E-state index is 14.4. The molecule has 35 heavy (non-hydrogen) atoms. The Kier molecular flexibility index (Phi) is 4.57. The molecule has 5 heterocycles. The Morgan fingerprint density at radius 3 is 2.83 bits per heavy atom. The number of nitrogens with zero attached hydrogens (tertiary/aromatic N) is 6. The molecule has 178 valence electrons. The largest absolute Gasteiger partial charge is 0.355 e. The van der Waals surface area contributed by atoms with E-state index in [1.54, 1.807) is 12.1 Å². The molecule has 1 aromatic carbocycles. The van der Waals surface area contributed by atoms with Gasteiger partial charge in [-0.05, 0) is 66.8 Å². The minimum atomic E-state index is -0.129. The van der Waals surface area contributed by atoms with E-state index >= 15 is 0 Å². The van der Waals surface area contributed by atoms with Crippen molar-refractivity contribution in [3.63, 3.8) is 0 Å². The third-order valence-electron chi connectivity index (χ3n) is 8.21. The molecular formula is C26H27FN8. The minimum absolute atomic E-state index is 0.0879. The number of pyridine rings is 1. The van der Waals surface area contributed by atoms with Gasteiger partial charge in [0.15, 0.2) is 17.0 Å². The summed E-state index contributed by atoms with van der Waals surface area (Å²) in [6, 6.07) is 9.22. The summed E-state index contributed by atoms with van der Waals surface area (Å²) in [4.78, 5) is 18.6. The Bertz CT molecular complexity index is 1420. The van der Waals surface area contributed by atoms with Gasteiger partial charge in [-0.25, -0.2) is 14.4 Å². The summed E-state index contributed by atoms with van der Waals surface area (Å²) >= 11 is 0. The van der Waals surface area contributed by atoms with Crippen molar-refractivity contribution < 1.29 is 4.39 Å². The second kappa shape index (κ2) is 7.71.